The Bertz CT molecular complexity index is 1030. The Morgan fingerprint density at radius 3 is 2.87 bits per heavy atom. The van der Waals surface area contributed by atoms with Crippen molar-refractivity contribution in [3.05, 3.63) is 50.7 Å². The Hall–Kier alpha value is -2.19. The highest BCUT2D eigenvalue weighted by Crippen LogP contribution is 2.27. The predicted molar refractivity (Wildman–Crippen MR) is 122 cm³/mol. The average Bonchev–Trinajstić information content (AvgIpc) is 3.31. The first-order chi connectivity index (χ1) is 14.5. The van der Waals surface area contributed by atoms with Crippen LogP contribution in [0.3, 0.4) is 0 Å². The second-order valence-corrected chi connectivity index (χ2v) is 9.84. The number of carbonyl (C=O) groups is 1. The third-order valence-electron chi connectivity index (χ3n) is 5.28. The van der Waals surface area contributed by atoms with Crippen molar-refractivity contribution in [1.82, 2.24) is 25.1 Å². The van der Waals surface area contributed by atoms with Crippen LogP contribution >= 0.6 is 23.1 Å². The SMILES string of the molecule is Cc1ccc(C)c(-n2c(C)nnc2SCC(=O)NCCc2nc3c(s2)CCCC3)c1. The van der Waals surface area contributed by atoms with Crippen LogP contribution in [0.4, 0.5) is 0 Å². The van der Waals surface area contributed by atoms with Crippen LogP contribution in [0.1, 0.15) is 45.4 Å². The zero-order valence-corrected chi connectivity index (χ0v) is 19.3. The minimum absolute atomic E-state index is 0.00878. The molecular formula is C22H27N5OS2. The highest BCUT2D eigenvalue weighted by Gasteiger charge is 2.16. The van der Waals surface area contributed by atoms with Crippen LogP contribution in [0.5, 0.6) is 0 Å². The molecule has 2 heterocycles. The van der Waals surface area contributed by atoms with E-state index >= 15 is 0 Å². The molecule has 0 fully saturated rings. The number of hydrogen-bond donors (Lipinski definition) is 1. The second-order valence-electron chi connectivity index (χ2n) is 7.73. The minimum Gasteiger partial charge on any atom is -0.355 e. The molecule has 0 aliphatic heterocycles. The molecule has 0 saturated heterocycles. The number of nitrogens with zero attached hydrogens (tertiary/aromatic N) is 4. The molecule has 2 aromatic heterocycles. The van der Waals surface area contributed by atoms with Crippen LogP contribution in [0, 0.1) is 20.8 Å². The van der Waals surface area contributed by atoms with Gasteiger partial charge in [0.05, 0.1) is 22.1 Å². The number of aryl methyl sites for hydroxylation is 5. The quantitative estimate of drug-likeness (QED) is 0.562. The fourth-order valence-electron chi connectivity index (χ4n) is 3.68. The molecule has 1 aromatic carbocycles. The summed E-state index contributed by atoms with van der Waals surface area (Å²) in [5, 5.41) is 13.4. The van der Waals surface area contributed by atoms with E-state index in [0.717, 1.165) is 46.5 Å². The van der Waals surface area contributed by atoms with E-state index in [1.54, 1.807) is 0 Å². The number of carbonyl (C=O) groups excluding carboxylic acids is 1. The molecule has 3 aromatic rings. The van der Waals surface area contributed by atoms with E-state index in [2.05, 4.69) is 47.6 Å². The normalized spacial score (nSPS) is 13.3. The molecule has 0 saturated carbocycles. The van der Waals surface area contributed by atoms with Gasteiger partial charge >= 0.3 is 0 Å². The van der Waals surface area contributed by atoms with Gasteiger partial charge in [-0.15, -0.1) is 21.5 Å². The van der Waals surface area contributed by atoms with Gasteiger partial charge in [0.15, 0.2) is 5.16 Å². The first-order valence-electron chi connectivity index (χ1n) is 10.4. The summed E-state index contributed by atoms with van der Waals surface area (Å²) in [4.78, 5) is 18.6. The lowest BCUT2D eigenvalue weighted by Crippen LogP contribution is -2.27. The molecule has 4 rings (SSSR count). The third kappa shape index (κ3) is 4.75. The van der Waals surface area contributed by atoms with Gasteiger partial charge in [-0.05, 0) is 63.6 Å². The van der Waals surface area contributed by atoms with Gasteiger partial charge in [-0.25, -0.2) is 4.98 Å². The van der Waals surface area contributed by atoms with Crippen molar-refractivity contribution >= 4 is 29.0 Å². The minimum atomic E-state index is 0.00878. The molecule has 0 spiro atoms. The van der Waals surface area contributed by atoms with Crippen molar-refractivity contribution in [3.8, 4) is 5.69 Å². The smallest absolute Gasteiger partial charge is 0.230 e. The van der Waals surface area contributed by atoms with Crippen LogP contribution in [0.2, 0.25) is 0 Å². The Kier molecular flexibility index (Phi) is 6.53. The molecule has 6 nitrogen and oxygen atoms in total. The van der Waals surface area contributed by atoms with Crippen LogP contribution in [-0.2, 0) is 24.1 Å². The van der Waals surface area contributed by atoms with E-state index < -0.39 is 0 Å². The van der Waals surface area contributed by atoms with Gasteiger partial charge in [0.2, 0.25) is 5.91 Å². The molecule has 1 amide bonds. The van der Waals surface area contributed by atoms with Gasteiger partial charge in [-0.3, -0.25) is 9.36 Å². The zero-order chi connectivity index (χ0) is 21.1. The van der Waals surface area contributed by atoms with E-state index in [9.17, 15) is 4.79 Å². The Balaban J connectivity index is 1.32. The highest BCUT2D eigenvalue weighted by molar-refractivity contribution is 7.99. The van der Waals surface area contributed by atoms with Crippen molar-refractivity contribution < 1.29 is 4.79 Å². The molecule has 30 heavy (non-hydrogen) atoms. The number of amides is 1. The van der Waals surface area contributed by atoms with Gasteiger partial charge in [-0.2, -0.15) is 0 Å². The first-order valence-corrected chi connectivity index (χ1v) is 12.2. The molecule has 0 atom stereocenters. The van der Waals surface area contributed by atoms with Gasteiger partial charge < -0.3 is 5.32 Å². The standard InChI is InChI=1S/C22H27N5OS2/c1-14-8-9-15(2)18(12-14)27-16(3)25-26-22(27)29-13-20(28)23-11-10-21-24-17-6-4-5-7-19(17)30-21/h8-9,12H,4-7,10-11,13H2,1-3H3,(H,23,28). The van der Waals surface area contributed by atoms with Crippen molar-refractivity contribution in [2.24, 2.45) is 0 Å². The molecule has 1 aliphatic rings. The van der Waals surface area contributed by atoms with E-state index in [0.29, 0.717) is 12.3 Å². The molecule has 1 N–H and O–H groups in total. The molecular weight excluding hydrogens is 414 g/mol. The third-order valence-corrected chi connectivity index (χ3v) is 7.43. The van der Waals surface area contributed by atoms with Gasteiger partial charge in [0, 0.05) is 17.8 Å². The molecule has 158 valence electrons. The van der Waals surface area contributed by atoms with E-state index in [-0.39, 0.29) is 5.91 Å². The van der Waals surface area contributed by atoms with Crippen molar-refractivity contribution in [2.45, 2.75) is 58.0 Å². The molecule has 0 unspecified atom stereocenters. The molecule has 0 bridgehead atoms. The summed E-state index contributed by atoms with van der Waals surface area (Å²) in [7, 11) is 0. The summed E-state index contributed by atoms with van der Waals surface area (Å²) < 4.78 is 2.03. The Morgan fingerprint density at radius 1 is 1.20 bits per heavy atom. The van der Waals surface area contributed by atoms with Crippen LogP contribution in [0.15, 0.2) is 23.4 Å². The lowest BCUT2D eigenvalue weighted by atomic mass is 10.0. The molecule has 1 aliphatic carbocycles. The number of thiazole rings is 1. The second kappa shape index (κ2) is 9.31. The van der Waals surface area contributed by atoms with Crippen molar-refractivity contribution in [3.63, 3.8) is 0 Å². The lowest BCUT2D eigenvalue weighted by Gasteiger charge is -2.12. The number of benzene rings is 1. The number of thioether (sulfide) groups is 1. The maximum absolute atomic E-state index is 12.4. The maximum Gasteiger partial charge on any atom is 0.230 e. The van der Waals surface area contributed by atoms with E-state index in [1.165, 1.54) is 40.7 Å². The van der Waals surface area contributed by atoms with Gasteiger partial charge in [0.25, 0.3) is 0 Å². The fourth-order valence-corrected chi connectivity index (χ4v) is 5.65. The first kappa shape index (κ1) is 21.1. The summed E-state index contributed by atoms with van der Waals surface area (Å²) >= 11 is 3.23. The summed E-state index contributed by atoms with van der Waals surface area (Å²) in [5.74, 6) is 1.14. The fraction of sp³-hybridized carbons (Fsp3) is 0.455. The van der Waals surface area contributed by atoms with Crippen molar-refractivity contribution in [1.29, 1.82) is 0 Å². The summed E-state index contributed by atoms with van der Waals surface area (Å²) in [6.07, 6.45) is 5.59. The maximum atomic E-state index is 12.4. The van der Waals surface area contributed by atoms with Crippen molar-refractivity contribution in [2.75, 3.05) is 12.3 Å². The number of fused-ring (bicyclic) bond motifs is 1. The number of aromatic nitrogens is 4. The monoisotopic (exact) mass is 441 g/mol. The van der Waals surface area contributed by atoms with E-state index in [1.807, 2.05) is 22.8 Å². The highest BCUT2D eigenvalue weighted by atomic mass is 32.2. The van der Waals surface area contributed by atoms with Crippen LogP contribution in [-0.4, -0.2) is 38.0 Å². The summed E-state index contributed by atoms with van der Waals surface area (Å²) in [6.45, 7) is 6.70. The van der Waals surface area contributed by atoms with Gasteiger partial charge in [0.1, 0.15) is 5.82 Å². The van der Waals surface area contributed by atoms with Crippen LogP contribution < -0.4 is 5.32 Å². The van der Waals surface area contributed by atoms with E-state index in [4.69, 9.17) is 4.98 Å². The van der Waals surface area contributed by atoms with Gasteiger partial charge in [-0.1, -0.05) is 23.9 Å². The summed E-state index contributed by atoms with van der Waals surface area (Å²) in [6, 6.07) is 6.32. The predicted octanol–water partition coefficient (Wildman–Crippen LogP) is 3.98. The molecule has 0 radical (unpaired) electrons. The largest absolute Gasteiger partial charge is 0.355 e. The topological polar surface area (TPSA) is 72.7 Å². The zero-order valence-electron chi connectivity index (χ0n) is 17.7. The lowest BCUT2D eigenvalue weighted by molar-refractivity contribution is -0.118. The number of hydrogen-bond acceptors (Lipinski definition) is 6. The Morgan fingerprint density at radius 2 is 2.03 bits per heavy atom. The number of nitrogens with one attached hydrogen (secondary N) is 1. The van der Waals surface area contributed by atoms with Crippen LogP contribution in [0.25, 0.3) is 5.69 Å². The number of rotatable bonds is 7. The summed E-state index contributed by atoms with van der Waals surface area (Å²) in [5.41, 5.74) is 4.68. The average molecular weight is 442 g/mol. The Labute approximate surface area is 185 Å². The molecule has 8 heteroatoms.